The molecule has 0 spiro atoms. The predicted octanol–water partition coefficient (Wildman–Crippen LogP) is 0.520. The summed E-state index contributed by atoms with van der Waals surface area (Å²) >= 11 is 0. The Morgan fingerprint density at radius 3 is 2.94 bits per heavy atom. The van der Waals surface area contributed by atoms with Crippen LogP contribution in [0.1, 0.15) is 18.1 Å². The monoisotopic (exact) mass is 248 g/mol. The number of nitrogens with one attached hydrogen (secondary N) is 1. The molecule has 5 nitrogen and oxygen atoms in total. The number of aliphatic hydroxyl groups is 1. The standard InChI is InChI=1S/C13H16N2O3/c1-8(16)13(18)15(2)7-9-3-4-11-10(5-9)6-12(17)14-11/h3-5,8,16H,6-7H2,1-2H3,(H,14,17). The number of likely N-dealkylation sites (N-methyl/N-ethyl adjacent to an activating group) is 1. The first-order valence-electron chi connectivity index (χ1n) is 5.82. The van der Waals surface area contributed by atoms with Crippen LogP contribution >= 0.6 is 0 Å². The van der Waals surface area contributed by atoms with Crippen molar-refractivity contribution in [3.05, 3.63) is 29.3 Å². The van der Waals surface area contributed by atoms with Gasteiger partial charge in [-0.1, -0.05) is 12.1 Å². The molecule has 1 atom stereocenters. The second-order valence-corrected chi connectivity index (χ2v) is 4.59. The maximum atomic E-state index is 11.5. The van der Waals surface area contributed by atoms with Gasteiger partial charge in [-0.25, -0.2) is 0 Å². The van der Waals surface area contributed by atoms with Crippen LogP contribution in [0.4, 0.5) is 5.69 Å². The normalized spacial score (nSPS) is 14.9. The molecular weight excluding hydrogens is 232 g/mol. The molecule has 96 valence electrons. The van der Waals surface area contributed by atoms with E-state index in [1.54, 1.807) is 7.05 Å². The molecular formula is C13H16N2O3. The first-order chi connectivity index (χ1) is 8.47. The fraction of sp³-hybridized carbons (Fsp3) is 0.385. The van der Waals surface area contributed by atoms with Crippen LogP contribution in [0.15, 0.2) is 18.2 Å². The Morgan fingerprint density at radius 2 is 2.28 bits per heavy atom. The average Bonchev–Trinajstić information content (AvgIpc) is 2.67. The molecule has 0 saturated heterocycles. The van der Waals surface area contributed by atoms with Crippen LogP contribution < -0.4 is 5.32 Å². The molecule has 1 aromatic rings. The summed E-state index contributed by atoms with van der Waals surface area (Å²) in [6.45, 7) is 1.87. The van der Waals surface area contributed by atoms with Gasteiger partial charge in [-0.15, -0.1) is 0 Å². The van der Waals surface area contributed by atoms with Gasteiger partial charge >= 0.3 is 0 Å². The molecule has 1 aromatic carbocycles. The number of hydrogen-bond donors (Lipinski definition) is 2. The van der Waals surface area contributed by atoms with Crippen LogP contribution in [0.2, 0.25) is 0 Å². The quantitative estimate of drug-likeness (QED) is 0.819. The van der Waals surface area contributed by atoms with Gasteiger partial charge in [0.2, 0.25) is 5.91 Å². The molecule has 0 bridgehead atoms. The summed E-state index contributed by atoms with van der Waals surface area (Å²) in [6.07, 6.45) is -0.607. The lowest BCUT2D eigenvalue weighted by Gasteiger charge is -2.19. The predicted molar refractivity (Wildman–Crippen MR) is 66.9 cm³/mol. The van der Waals surface area contributed by atoms with Gasteiger partial charge < -0.3 is 15.3 Å². The van der Waals surface area contributed by atoms with Crippen molar-refractivity contribution in [1.82, 2.24) is 4.90 Å². The molecule has 1 aliphatic heterocycles. The maximum absolute atomic E-state index is 11.5. The molecule has 18 heavy (non-hydrogen) atoms. The highest BCUT2D eigenvalue weighted by atomic mass is 16.3. The summed E-state index contributed by atoms with van der Waals surface area (Å²) in [5.41, 5.74) is 2.74. The lowest BCUT2D eigenvalue weighted by atomic mass is 10.1. The average molecular weight is 248 g/mol. The Balaban J connectivity index is 2.10. The number of carbonyl (C=O) groups excluding carboxylic acids is 2. The number of fused-ring (bicyclic) bond motifs is 1. The summed E-state index contributed by atoms with van der Waals surface area (Å²) in [7, 11) is 1.64. The molecule has 0 radical (unpaired) electrons. The Hall–Kier alpha value is -1.88. The molecule has 1 heterocycles. The fourth-order valence-corrected chi connectivity index (χ4v) is 2.05. The van der Waals surface area contributed by atoms with Crippen molar-refractivity contribution in [1.29, 1.82) is 0 Å². The van der Waals surface area contributed by atoms with E-state index in [4.69, 9.17) is 0 Å². The summed E-state index contributed by atoms with van der Waals surface area (Å²) in [4.78, 5) is 24.2. The first kappa shape index (κ1) is 12.6. The van der Waals surface area contributed by atoms with E-state index in [-0.39, 0.29) is 11.8 Å². The third kappa shape index (κ3) is 2.51. The number of benzene rings is 1. The van der Waals surface area contributed by atoms with Crippen LogP contribution in [-0.4, -0.2) is 35.0 Å². The number of carbonyl (C=O) groups is 2. The smallest absolute Gasteiger partial charge is 0.251 e. The topological polar surface area (TPSA) is 69.6 Å². The molecule has 1 aliphatic rings. The Bertz CT molecular complexity index is 497. The molecule has 2 rings (SSSR count). The van der Waals surface area contributed by atoms with E-state index in [2.05, 4.69) is 5.32 Å². The van der Waals surface area contributed by atoms with Crippen LogP contribution in [0, 0.1) is 0 Å². The minimum Gasteiger partial charge on any atom is -0.384 e. The Kier molecular flexibility index (Phi) is 3.34. The fourth-order valence-electron chi connectivity index (χ4n) is 2.05. The molecule has 2 N–H and O–H groups in total. The molecule has 1 unspecified atom stereocenters. The van der Waals surface area contributed by atoms with Gasteiger partial charge in [-0.3, -0.25) is 9.59 Å². The van der Waals surface area contributed by atoms with Crippen molar-refractivity contribution in [2.24, 2.45) is 0 Å². The Morgan fingerprint density at radius 1 is 1.56 bits per heavy atom. The molecule has 0 aromatic heterocycles. The van der Waals surface area contributed by atoms with Gasteiger partial charge in [-0.2, -0.15) is 0 Å². The van der Waals surface area contributed by atoms with E-state index >= 15 is 0 Å². The largest absolute Gasteiger partial charge is 0.384 e. The molecule has 5 heteroatoms. The SMILES string of the molecule is CC(O)C(=O)N(C)Cc1ccc2c(c1)CC(=O)N2. The van der Waals surface area contributed by atoms with Crippen molar-refractivity contribution in [3.63, 3.8) is 0 Å². The first-order valence-corrected chi connectivity index (χ1v) is 5.82. The minimum absolute atomic E-state index is 0.00411. The number of hydrogen-bond acceptors (Lipinski definition) is 3. The second kappa shape index (κ2) is 4.78. The van der Waals surface area contributed by atoms with E-state index in [9.17, 15) is 14.7 Å². The zero-order valence-electron chi connectivity index (χ0n) is 10.4. The number of anilines is 1. The van der Waals surface area contributed by atoms with Crippen molar-refractivity contribution >= 4 is 17.5 Å². The highest BCUT2D eigenvalue weighted by molar-refractivity contribution is 5.99. The van der Waals surface area contributed by atoms with Gasteiger partial charge in [-0.05, 0) is 24.1 Å². The number of rotatable bonds is 3. The third-order valence-corrected chi connectivity index (χ3v) is 2.95. The van der Waals surface area contributed by atoms with E-state index in [1.165, 1.54) is 11.8 Å². The van der Waals surface area contributed by atoms with Crippen LogP contribution in [-0.2, 0) is 22.6 Å². The third-order valence-electron chi connectivity index (χ3n) is 2.95. The Labute approximate surface area is 105 Å². The molecule has 0 aliphatic carbocycles. The minimum atomic E-state index is -0.993. The summed E-state index contributed by atoms with van der Waals surface area (Å²) < 4.78 is 0. The highest BCUT2D eigenvalue weighted by Crippen LogP contribution is 2.24. The van der Waals surface area contributed by atoms with Crippen molar-refractivity contribution in [2.75, 3.05) is 12.4 Å². The molecule has 0 saturated carbocycles. The molecule has 2 amide bonds. The number of amides is 2. The van der Waals surface area contributed by atoms with Gasteiger partial charge in [0.1, 0.15) is 6.10 Å². The summed E-state index contributed by atoms with van der Waals surface area (Å²) in [6, 6.07) is 5.63. The zero-order valence-corrected chi connectivity index (χ0v) is 10.4. The highest BCUT2D eigenvalue weighted by Gasteiger charge is 2.19. The maximum Gasteiger partial charge on any atom is 0.251 e. The van der Waals surface area contributed by atoms with Crippen molar-refractivity contribution < 1.29 is 14.7 Å². The van der Waals surface area contributed by atoms with Gasteiger partial charge in [0, 0.05) is 19.3 Å². The second-order valence-electron chi connectivity index (χ2n) is 4.59. The van der Waals surface area contributed by atoms with Crippen LogP contribution in [0.5, 0.6) is 0 Å². The van der Waals surface area contributed by atoms with E-state index in [0.717, 1.165) is 16.8 Å². The summed E-state index contributed by atoms with van der Waals surface area (Å²) in [5.74, 6) is -0.319. The lowest BCUT2D eigenvalue weighted by molar-refractivity contribution is -0.138. The number of nitrogens with zero attached hydrogens (tertiary/aromatic N) is 1. The van der Waals surface area contributed by atoms with Crippen molar-refractivity contribution in [2.45, 2.75) is 26.0 Å². The van der Waals surface area contributed by atoms with E-state index in [0.29, 0.717) is 13.0 Å². The lowest BCUT2D eigenvalue weighted by Crippen LogP contribution is -2.34. The van der Waals surface area contributed by atoms with Crippen LogP contribution in [0.25, 0.3) is 0 Å². The van der Waals surface area contributed by atoms with Crippen LogP contribution in [0.3, 0.4) is 0 Å². The van der Waals surface area contributed by atoms with E-state index < -0.39 is 6.10 Å². The molecule has 0 fully saturated rings. The van der Waals surface area contributed by atoms with Crippen molar-refractivity contribution in [3.8, 4) is 0 Å². The summed E-state index contributed by atoms with van der Waals surface area (Å²) in [5, 5.41) is 12.0. The number of aliphatic hydroxyl groups excluding tert-OH is 1. The van der Waals surface area contributed by atoms with Gasteiger partial charge in [0.15, 0.2) is 0 Å². The zero-order chi connectivity index (χ0) is 13.3. The van der Waals surface area contributed by atoms with Gasteiger partial charge in [0.05, 0.1) is 6.42 Å². The van der Waals surface area contributed by atoms with Gasteiger partial charge in [0.25, 0.3) is 5.91 Å². The van der Waals surface area contributed by atoms with E-state index in [1.807, 2.05) is 18.2 Å².